The molecule has 0 fully saturated rings. The van der Waals surface area contributed by atoms with Crippen LogP contribution in [0.4, 0.5) is 0 Å². The van der Waals surface area contributed by atoms with Gasteiger partial charge in [0.05, 0.1) is 5.38 Å². The second-order valence-corrected chi connectivity index (χ2v) is 6.10. The van der Waals surface area contributed by atoms with Gasteiger partial charge in [-0.2, -0.15) is 0 Å². The SMILES string of the molecule is CC(C)CC(Cl)c1ccc2[nH]c3ccccc3c2c1. The third kappa shape index (κ3) is 2.35. The zero-order valence-electron chi connectivity index (χ0n) is 11.3. The molecule has 0 aliphatic heterocycles. The van der Waals surface area contributed by atoms with E-state index in [9.17, 15) is 0 Å². The molecule has 1 N–H and O–H groups in total. The van der Waals surface area contributed by atoms with Gasteiger partial charge in [0.2, 0.25) is 0 Å². The molecule has 0 saturated carbocycles. The number of hydrogen-bond acceptors (Lipinski definition) is 0. The molecule has 2 aromatic carbocycles. The first kappa shape index (κ1) is 12.6. The van der Waals surface area contributed by atoms with Gasteiger partial charge in [-0.15, -0.1) is 11.6 Å². The highest BCUT2D eigenvalue weighted by atomic mass is 35.5. The van der Waals surface area contributed by atoms with Gasteiger partial charge in [0.15, 0.2) is 0 Å². The number of benzene rings is 2. The van der Waals surface area contributed by atoms with Gasteiger partial charge in [-0.25, -0.2) is 0 Å². The Morgan fingerprint density at radius 2 is 1.74 bits per heavy atom. The van der Waals surface area contributed by atoms with E-state index in [-0.39, 0.29) is 5.38 Å². The molecule has 98 valence electrons. The summed E-state index contributed by atoms with van der Waals surface area (Å²) in [5.41, 5.74) is 3.58. The number of rotatable bonds is 3. The van der Waals surface area contributed by atoms with Crippen LogP contribution in [-0.2, 0) is 0 Å². The minimum atomic E-state index is 0.0954. The summed E-state index contributed by atoms with van der Waals surface area (Å²) >= 11 is 6.51. The predicted molar refractivity (Wildman–Crippen MR) is 83.9 cm³/mol. The molecule has 1 heterocycles. The number of aromatic amines is 1. The molecule has 0 radical (unpaired) electrons. The van der Waals surface area contributed by atoms with Crippen molar-refractivity contribution in [3.05, 3.63) is 48.0 Å². The number of hydrogen-bond donors (Lipinski definition) is 1. The molecule has 0 bridgehead atoms. The van der Waals surface area contributed by atoms with E-state index in [2.05, 4.69) is 61.3 Å². The molecule has 1 nitrogen and oxygen atoms in total. The minimum Gasteiger partial charge on any atom is -0.355 e. The summed E-state index contributed by atoms with van der Waals surface area (Å²) in [7, 11) is 0. The van der Waals surface area contributed by atoms with E-state index in [4.69, 9.17) is 11.6 Å². The zero-order chi connectivity index (χ0) is 13.4. The van der Waals surface area contributed by atoms with Crippen LogP contribution in [0.3, 0.4) is 0 Å². The van der Waals surface area contributed by atoms with Gasteiger partial charge >= 0.3 is 0 Å². The second-order valence-electron chi connectivity index (χ2n) is 5.57. The van der Waals surface area contributed by atoms with Crippen LogP contribution in [-0.4, -0.2) is 4.98 Å². The van der Waals surface area contributed by atoms with Crippen LogP contribution in [0.15, 0.2) is 42.5 Å². The summed E-state index contributed by atoms with van der Waals surface area (Å²) in [6.45, 7) is 4.42. The van der Waals surface area contributed by atoms with Crippen LogP contribution >= 0.6 is 11.6 Å². The Hall–Kier alpha value is -1.47. The van der Waals surface area contributed by atoms with Crippen molar-refractivity contribution < 1.29 is 0 Å². The van der Waals surface area contributed by atoms with Crippen LogP contribution < -0.4 is 0 Å². The lowest BCUT2D eigenvalue weighted by Gasteiger charge is -2.12. The fourth-order valence-electron chi connectivity index (χ4n) is 2.61. The zero-order valence-corrected chi connectivity index (χ0v) is 12.0. The quantitative estimate of drug-likeness (QED) is 0.593. The lowest BCUT2D eigenvalue weighted by atomic mass is 10.0. The summed E-state index contributed by atoms with van der Waals surface area (Å²) in [5.74, 6) is 0.612. The molecule has 1 atom stereocenters. The van der Waals surface area contributed by atoms with Crippen LogP contribution in [0.25, 0.3) is 21.8 Å². The lowest BCUT2D eigenvalue weighted by molar-refractivity contribution is 0.575. The monoisotopic (exact) mass is 271 g/mol. The summed E-state index contributed by atoms with van der Waals surface area (Å²) in [6, 6.07) is 14.9. The van der Waals surface area contributed by atoms with Gasteiger partial charge in [0.1, 0.15) is 0 Å². The van der Waals surface area contributed by atoms with Crippen molar-refractivity contribution in [1.82, 2.24) is 4.98 Å². The van der Waals surface area contributed by atoms with Crippen LogP contribution in [0, 0.1) is 5.92 Å². The van der Waals surface area contributed by atoms with Crippen LogP contribution in [0.5, 0.6) is 0 Å². The maximum Gasteiger partial charge on any atom is 0.0587 e. The van der Waals surface area contributed by atoms with Gasteiger partial charge < -0.3 is 4.98 Å². The largest absolute Gasteiger partial charge is 0.355 e. The van der Waals surface area contributed by atoms with Crippen molar-refractivity contribution in [2.24, 2.45) is 5.92 Å². The molecule has 19 heavy (non-hydrogen) atoms. The topological polar surface area (TPSA) is 15.8 Å². The Morgan fingerprint density at radius 3 is 2.53 bits per heavy atom. The summed E-state index contributed by atoms with van der Waals surface area (Å²) in [5, 5.41) is 2.63. The molecule has 3 aromatic rings. The van der Waals surface area contributed by atoms with Gasteiger partial charge in [-0.3, -0.25) is 0 Å². The molecule has 0 amide bonds. The molecule has 0 aliphatic rings. The number of aromatic nitrogens is 1. The van der Waals surface area contributed by atoms with E-state index in [0.717, 1.165) is 6.42 Å². The van der Waals surface area contributed by atoms with Gasteiger partial charge in [0, 0.05) is 21.8 Å². The first-order valence-electron chi connectivity index (χ1n) is 6.79. The Labute approximate surface area is 118 Å². The van der Waals surface area contributed by atoms with Gasteiger partial charge in [-0.1, -0.05) is 38.1 Å². The Balaban J connectivity index is 2.11. The highest BCUT2D eigenvalue weighted by Gasteiger charge is 2.12. The molecule has 1 aromatic heterocycles. The molecule has 2 heteroatoms. The number of halogens is 1. The van der Waals surface area contributed by atoms with Crippen LogP contribution in [0.1, 0.15) is 31.2 Å². The number of alkyl halides is 1. The number of para-hydroxylation sites is 1. The maximum absolute atomic E-state index is 6.51. The number of nitrogens with one attached hydrogen (secondary N) is 1. The molecular weight excluding hydrogens is 254 g/mol. The van der Waals surface area contributed by atoms with E-state index in [1.165, 1.54) is 27.4 Å². The molecule has 0 aliphatic carbocycles. The fraction of sp³-hybridized carbons (Fsp3) is 0.294. The van der Waals surface area contributed by atoms with E-state index >= 15 is 0 Å². The number of H-pyrrole nitrogens is 1. The highest BCUT2D eigenvalue weighted by molar-refractivity contribution is 6.21. The normalized spacial score (nSPS) is 13.5. The van der Waals surface area contributed by atoms with Gasteiger partial charge in [-0.05, 0) is 36.1 Å². The third-order valence-electron chi connectivity index (χ3n) is 3.57. The average Bonchev–Trinajstić information content (AvgIpc) is 2.75. The predicted octanol–water partition coefficient (Wildman–Crippen LogP) is 5.65. The Bertz CT molecular complexity index is 711. The molecular formula is C17H18ClN. The van der Waals surface area contributed by atoms with E-state index < -0.39 is 0 Å². The first-order chi connectivity index (χ1) is 9.15. The summed E-state index contributed by atoms with van der Waals surface area (Å²) in [4.78, 5) is 3.44. The lowest BCUT2D eigenvalue weighted by Crippen LogP contribution is -1.96. The van der Waals surface area contributed by atoms with Crippen molar-refractivity contribution in [2.45, 2.75) is 25.6 Å². The molecule has 1 unspecified atom stereocenters. The fourth-order valence-corrected chi connectivity index (χ4v) is 3.10. The standard InChI is InChI=1S/C17H18ClN/c1-11(2)9-15(18)12-7-8-17-14(10-12)13-5-3-4-6-16(13)19-17/h3-8,10-11,15,19H,9H2,1-2H3. The van der Waals surface area contributed by atoms with Gasteiger partial charge in [0.25, 0.3) is 0 Å². The highest BCUT2D eigenvalue weighted by Crippen LogP contribution is 2.32. The van der Waals surface area contributed by atoms with Crippen molar-refractivity contribution in [1.29, 1.82) is 0 Å². The summed E-state index contributed by atoms with van der Waals surface area (Å²) in [6.07, 6.45) is 1.01. The maximum atomic E-state index is 6.51. The Kier molecular flexibility index (Phi) is 3.24. The number of fused-ring (bicyclic) bond motifs is 3. The van der Waals surface area contributed by atoms with E-state index in [0.29, 0.717) is 5.92 Å². The van der Waals surface area contributed by atoms with Crippen LogP contribution in [0.2, 0.25) is 0 Å². The van der Waals surface area contributed by atoms with Crippen molar-refractivity contribution >= 4 is 33.4 Å². The Morgan fingerprint density at radius 1 is 1.00 bits per heavy atom. The smallest absolute Gasteiger partial charge is 0.0587 e. The summed E-state index contributed by atoms with van der Waals surface area (Å²) < 4.78 is 0. The molecule has 0 spiro atoms. The molecule has 3 rings (SSSR count). The second kappa shape index (κ2) is 4.90. The molecule has 0 saturated heterocycles. The first-order valence-corrected chi connectivity index (χ1v) is 7.23. The van der Waals surface area contributed by atoms with E-state index in [1.807, 2.05) is 0 Å². The third-order valence-corrected chi connectivity index (χ3v) is 4.00. The van der Waals surface area contributed by atoms with Crippen molar-refractivity contribution in [3.63, 3.8) is 0 Å². The minimum absolute atomic E-state index is 0.0954. The van der Waals surface area contributed by atoms with E-state index in [1.54, 1.807) is 0 Å². The van der Waals surface area contributed by atoms with Crippen molar-refractivity contribution in [3.8, 4) is 0 Å². The van der Waals surface area contributed by atoms with Crippen molar-refractivity contribution in [2.75, 3.05) is 0 Å². The average molecular weight is 272 g/mol.